The van der Waals surface area contributed by atoms with Gasteiger partial charge in [0, 0.05) is 25.0 Å². The minimum Gasteiger partial charge on any atom is -0.370 e. The summed E-state index contributed by atoms with van der Waals surface area (Å²) >= 11 is 0. The summed E-state index contributed by atoms with van der Waals surface area (Å²) in [6.07, 6.45) is 10.4. The second-order valence-corrected chi connectivity index (χ2v) is 4.10. The highest BCUT2D eigenvalue weighted by Crippen LogP contribution is 2.04. The molecule has 0 saturated carbocycles. The second-order valence-electron chi connectivity index (χ2n) is 4.10. The summed E-state index contributed by atoms with van der Waals surface area (Å²) < 4.78 is 2.20. The lowest BCUT2D eigenvalue weighted by molar-refractivity contribution is -0.697. The number of unbranched alkanes of at least 4 members (excludes halogenated alkanes) is 4. The predicted molar refractivity (Wildman–Crippen MR) is 63.5 cm³/mol. The van der Waals surface area contributed by atoms with Gasteiger partial charge < -0.3 is 5.73 Å². The Hall–Kier alpha value is -1.38. The molecule has 16 heavy (non-hydrogen) atoms. The third-order valence-corrected chi connectivity index (χ3v) is 2.62. The Bertz CT molecular complexity index is 298. The van der Waals surface area contributed by atoms with Crippen LogP contribution < -0.4 is 10.3 Å². The molecule has 0 bridgehead atoms. The van der Waals surface area contributed by atoms with E-state index in [1.54, 1.807) is 0 Å². The Labute approximate surface area is 97.3 Å². The minimum atomic E-state index is -0.181. The summed E-state index contributed by atoms with van der Waals surface area (Å²) in [5.41, 5.74) is 5.07. The molecule has 0 atom stereocenters. The van der Waals surface area contributed by atoms with Crippen LogP contribution in [0.1, 0.15) is 38.5 Å². The summed E-state index contributed by atoms with van der Waals surface area (Å²) in [5, 5.41) is 0. The van der Waals surface area contributed by atoms with Crippen molar-refractivity contribution in [2.45, 2.75) is 45.1 Å². The van der Waals surface area contributed by atoms with E-state index in [4.69, 9.17) is 5.73 Å². The Morgan fingerprint density at radius 3 is 2.25 bits per heavy atom. The summed E-state index contributed by atoms with van der Waals surface area (Å²) in [5.74, 6) is -0.181. The number of aromatic nitrogens is 1. The molecule has 0 radical (unpaired) electrons. The first-order valence-electron chi connectivity index (χ1n) is 6.01. The van der Waals surface area contributed by atoms with E-state index in [2.05, 4.69) is 17.0 Å². The number of nitrogens with zero attached hydrogens (tertiary/aromatic N) is 1. The molecule has 0 aliphatic carbocycles. The van der Waals surface area contributed by atoms with Gasteiger partial charge in [0.1, 0.15) is 6.54 Å². The lowest BCUT2D eigenvalue weighted by Crippen LogP contribution is -2.32. The van der Waals surface area contributed by atoms with Gasteiger partial charge in [-0.15, -0.1) is 0 Å². The van der Waals surface area contributed by atoms with E-state index in [0.29, 0.717) is 6.42 Å². The van der Waals surface area contributed by atoms with E-state index >= 15 is 0 Å². The van der Waals surface area contributed by atoms with Crippen molar-refractivity contribution in [3.05, 3.63) is 30.6 Å². The highest BCUT2D eigenvalue weighted by Gasteiger charge is 1.98. The SMILES string of the molecule is NC(=O)CCCCCCC[n+]1ccccc1. The molecule has 0 unspecified atom stereocenters. The quantitative estimate of drug-likeness (QED) is 0.528. The number of nitrogens with two attached hydrogens (primary N) is 1. The number of primary amides is 1. The fourth-order valence-electron chi connectivity index (χ4n) is 1.71. The molecular weight excluding hydrogens is 200 g/mol. The van der Waals surface area contributed by atoms with Gasteiger partial charge in [-0.25, -0.2) is 4.57 Å². The van der Waals surface area contributed by atoms with E-state index in [1.165, 1.54) is 19.3 Å². The Balaban J connectivity index is 1.94. The molecule has 0 aliphatic heterocycles. The average Bonchev–Trinajstić information content (AvgIpc) is 2.29. The maximum atomic E-state index is 10.5. The van der Waals surface area contributed by atoms with Gasteiger partial charge >= 0.3 is 0 Å². The van der Waals surface area contributed by atoms with Gasteiger partial charge in [0.2, 0.25) is 5.91 Å². The van der Waals surface area contributed by atoms with Crippen LogP contribution in [0, 0.1) is 0 Å². The van der Waals surface area contributed by atoms with Crippen molar-refractivity contribution in [3.63, 3.8) is 0 Å². The standard InChI is InChI=1S/C13H20N2O/c14-13(16)9-5-2-1-3-6-10-15-11-7-4-8-12-15/h4,7-8,11-12H,1-3,5-6,9-10H2,(H-,14,16)/p+1. The van der Waals surface area contributed by atoms with Crippen LogP contribution in [0.4, 0.5) is 0 Å². The molecule has 0 aromatic carbocycles. The molecule has 2 N–H and O–H groups in total. The fraction of sp³-hybridized carbons (Fsp3) is 0.538. The summed E-state index contributed by atoms with van der Waals surface area (Å²) in [4.78, 5) is 10.5. The van der Waals surface area contributed by atoms with Gasteiger partial charge in [0.05, 0.1) is 0 Å². The summed E-state index contributed by atoms with van der Waals surface area (Å²) in [6.45, 7) is 1.08. The number of rotatable bonds is 8. The van der Waals surface area contributed by atoms with Crippen molar-refractivity contribution in [2.75, 3.05) is 0 Å². The number of carbonyl (C=O) groups excluding carboxylic acids is 1. The van der Waals surface area contributed by atoms with Gasteiger partial charge in [-0.05, 0) is 12.8 Å². The molecule has 0 saturated heterocycles. The van der Waals surface area contributed by atoms with Gasteiger partial charge in [0.15, 0.2) is 12.4 Å². The van der Waals surface area contributed by atoms with Crippen LogP contribution in [0.2, 0.25) is 0 Å². The average molecular weight is 221 g/mol. The van der Waals surface area contributed by atoms with Gasteiger partial charge in [-0.3, -0.25) is 4.79 Å². The number of amides is 1. The van der Waals surface area contributed by atoms with E-state index in [0.717, 1.165) is 19.4 Å². The molecule has 1 rings (SSSR count). The van der Waals surface area contributed by atoms with E-state index < -0.39 is 0 Å². The molecule has 3 nitrogen and oxygen atoms in total. The predicted octanol–water partition coefficient (Wildman–Crippen LogP) is 1.80. The summed E-state index contributed by atoms with van der Waals surface area (Å²) in [7, 11) is 0. The molecule has 88 valence electrons. The van der Waals surface area contributed by atoms with E-state index in [-0.39, 0.29) is 5.91 Å². The number of hydrogen-bond acceptors (Lipinski definition) is 1. The lowest BCUT2D eigenvalue weighted by atomic mass is 10.1. The topological polar surface area (TPSA) is 47.0 Å². The maximum Gasteiger partial charge on any atom is 0.217 e. The fourth-order valence-corrected chi connectivity index (χ4v) is 1.71. The normalized spacial score (nSPS) is 10.2. The number of aryl methyl sites for hydroxylation is 1. The van der Waals surface area contributed by atoms with E-state index in [1.807, 2.05) is 18.2 Å². The first-order valence-corrected chi connectivity index (χ1v) is 6.01. The molecule has 0 aliphatic rings. The van der Waals surface area contributed by atoms with Crippen molar-refractivity contribution in [3.8, 4) is 0 Å². The molecule has 3 heteroatoms. The molecule has 1 amide bonds. The van der Waals surface area contributed by atoms with Crippen LogP contribution in [0.5, 0.6) is 0 Å². The number of pyridine rings is 1. The lowest BCUT2D eigenvalue weighted by Gasteiger charge is -1.99. The third kappa shape index (κ3) is 6.17. The second kappa shape index (κ2) is 7.85. The van der Waals surface area contributed by atoms with Gasteiger partial charge in [0.25, 0.3) is 0 Å². The molecule has 1 aromatic rings. The van der Waals surface area contributed by atoms with Crippen molar-refractivity contribution in [2.24, 2.45) is 5.73 Å². The zero-order valence-corrected chi connectivity index (χ0v) is 9.77. The zero-order valence-electron chi connectivity index (χ0n) is 9.77. The molecule has 0 fully saturated rings. The van der Waals surface area contributed by atoms with Crippen LogP contribution in [-0.4, -0.2) is 5.91 Å². The smallest absolute Gasteiger partial charge is 0.217 e. The minimum absolute atomic E-state index is 0.181. The highest BCUT2D eigenvalue weighted by molar-refractivity contribution is 5.73. The number of hydrogen-bond donors (Lipinski definition) is 1. The monoisotopic (exact) mass is 221 g/mol. The Morgan fingerprint density at radius 2 is 1.56 bits per heavy atom. The summed E-state index contributed by atoms with van der Waals surface area (Å²) in [6, 6.07) is 6.13. The van der Waals surface area contributed by atoms with Crippen LogP contribution in [0.3, 0.4) is 0 Å². The van der Waals surface area contributed by atoms with Crippen LogP contribution in [0.25, 0.3) is 0 Å². The first-order chi connectivity index (χ1) is 7.79. The third-order valence-electron chi connectivity index (χ3n) is 2.62. The number of carbonyl (C=O) groups is 1. The largest absolute Gasteiger partial charge is 0.370 e. The van der Waals surface area contributed by atoms with Crippen molar-refractivity contribution in [1.82, 2.24) is 0 Å². The highest BCUT2D eigenvalue weighted by atomic mass is 16.1. The molecule has 1 aromatic heterocycles. The maximum absolute atomic E-state index is 10.5. The van der Waals surface area contributed by atoms with Crippen LogP contribution in [-0.2, 0) is 11.3 Å². The van der Waals surface area contributed by atoms with Gasteiger partial charge in [-0.1, -0.05) is 18.9 Å². The van der Waals surface area contributed by atoms with E-state index in [9.17, 15) is 4.79 Å². The Morgan fingerprint density at radius 1 is 0.938 bits per heavy atom. The zero-order chi connectivity index (χ0) is 11.6. The van der Waals surface area contributed by atoms with Gasteiger partial charge in [-0.2, -0.15) is 0 Å². The van der Waals surface area contributed by atoms with Crippen molar-refractivity contribution in [1.29, 1.82) is 0 Å². The van der Waals surface area contributed by atoms with Crippen LogP contribution in [0.15, 0.2) is 30.6 Å². The molecule has 1 heterocycles. The van der Waals surface area contributed by atoms with Crippen LogP contribution >= 0.6 is 0 Å². The molecular formula is C13H21N2O+. The Kier molecular flexibility index (Phi) is 6.23. The first kappa shape index (κ1) is 12.7. The van der Waals surface area contributed by atoms with Crippen molar-refractivity contribution < 1.29 is 9.36 Å². The van der Waals surface area contributed by atoms with Crippen molar-refractivity contribution >= 4 is 5.91 Å². The molecule has 0 spiro atoms.